The lowest BCUT2D eigenvalue weighted by Gasteiger charge is -2.46. The van der Waals surface area contributed by atoms with Gasteiger partial charge in [-0.15, -0.1) is 0 Å². The molecule has 5 nitrogen and oxygen atoms in total. The van der Waals surface area contributed by atoms with Crippen molar-refractivity contribution in [2.24, 2.45) is 11.3 Å². The first-order chi connectivity index (χ1) is 13.6. The van der Waals surface area contributed by atoms with Crippen molar-refractivity contribution in [3.63, 3.8) is 0 Å². The van der Waals surface area contributed by atoms with Gasteiger partial charge in [0.15, 0.2) is 6.61 Å². The van der Waals surface area contributed by atoms with Crippen LogP contribution in [0.2, 0.25) is 0 Å². The summed E-state index contributed by atoms with van der Waals surface area (Å²) in [6, 6.07) is 6.20. The standard InChI is InChI=1S/C23H25FO5/c1-12-8-19-17-10-20(24)18-9-14(26)4-5-15(18)16(17)6-7-22(19,3)23(12,28)21(27)11-29-13(2)25/h4-5,9-10,12,19,26,28H,6-8,11H2,1-3H3/t12-,19+,22+,23+/m1/s1. The highest BCUT2D eigenvalue weighted by Crippen LogP contribution is 2.63. The van der Waals surface area contributed by atoms with Gasteiger partial charge < -0.3 is 14.9 Å². The summed E-state index contributed by atoms with van der Waals surface area (Å²) in [6.45, 7) is 4.47. The molecular formula is C23H25FO5. The molecule has 2 aromatic carbocycles. The number of Topliss-reactive ketones (excluding diaryl/α,β-unsaturated/α-hetero) is 1. The lowest BCUT2D eigenvalue weighted by atomic mass is 9.59. The van der Waals surface area contributed by atoms with Crippen molar-refractivity contribution in [3.8, 4) is 5.75 Å². The number of aliphatic hydroxyl groups is 1. The number of ether oxygens (including phenoxy) is 1. The number of carbonyl (C=O) groups is 2. The summed E-state index contributed by atoms with van der Waals surface area (Å²) in [5.41, 5.74) is -0.607. The second kappa shape index (κ2) is 6.52. The highest BCUT2D eigenvalue weighted by Gasteiger charge is 2.65. The number of aromatic hydroxyl groups is 1. The number of phenols is 1. The van der Waals surface area contributed by atoms with Gasteiger partial charge in [0.25, 0.3) is 0 Å². The number of fused-ring (bicyclic) bond motifs is 5. The molecule has 2 N–H and O–H groups in total. The minimum Gasteiger partial charge on any atom is -0.508 e. The van der Waals surface area contributed by atoms with Crippen molar-refractivity contribution in [2.45, 2.75) is 51.6 Å². The number of phenolic OH excluding ortho intramolecular Hbond substituents is 1. The first-order valence-corrected chi connectivity index (χ1v) is 9.92. The van der Waals surface area contributed by atoms with Crippen molar-refractivity contribution < 1.29 is 28.9 Å². The molecule has 0 unspecified atom stereocenters. The maximum atomic E-state index is 14.9. The Balaban J connectivity index is 1.82. The summed E-state index contributed by atoms with van der Waals surface area (Å²) in [6.07, 6.45) is 1.67. The first-order valence-electron chi connectivity index (χ1n) is 9.92. The fraction of sp³-hybridized carbons (Fsp3) is 0.478. The van der Waals surface area contributed by atoms with Crippen LogP contribution in [-0.2, 0) is 20.7 Å². The topological polar surface area (TPSA) is 83.8 Å². The maximum absolute atomic E-state index is 14.9. The van der Waals surface area contributed by atoms with Crippen LogP contribution in [0.5, 0.6) is 5.75 Å². The molecule has 0 aromatic heterocycles. The quantitative estimate of drug-likeness (QED) is 0.769. The third-order valence-corrected chi connectivity index (χ3v) is 7.26. The van der Waals surface area contributed by atoms with E-state index in [9.17, 15) is 24.2 Å². The average Bonchev–Trinajstić information content (AvgIpc) is 2.88. The number of ketones is 1. The monoisotopic (exact) mass is 400 g/mol. The van der Waals surface area contributed by atoms with Gasteiger partial charge in [-0.25, -0.2) is 4.39 Å². The van der Waals surface area contributed by atoms with E-state index in [0.29, 0.717) is 24.6 Å². The van der Waals surface area contributed by atoms with Crippen LogP contribution in [0.15, 0.2) is 24.3 Å². The molecule has 2 aliphatic carbocycles. The van der Waals surface area contributed by atoms with E-state index in [1.807, 2.05) is 13.8 Å². The number of rotatable bonds is 3. The predicted octanol–water partition coefficient (Wildman–Crippen LogP) is 3.62. The fourth-order valence-electron chi connectivity index (χ4n) is 5.74. The summed E-state index contributed by atoms with van der Waals surface area (Å²) >= 11 is 0. The van der Waals surface area contributed by atoms with Crippen LogP contribution in [0.25, 0.3) is 10.8 Å². The van der Waals surface area contributed by atoms with Crippen molar-refractivity contribution >= 4 is 22.5 Å². The Bertz CT molecular complexity index is 1030. The Kier molecular flexibility index (Phi) is 4.46. The number of carbonyl (C=O) groups excluding carboxylic acids is 2. The van der Waals surface area contributed by atoms with E-state index in [0.717, 1.165) is 16.5 Å². The molecule has 0 spiro atoms. The number of hydrogen-bond donors (Lipinski definition) is 2. The minimum atomic E-state index is -1.65. The molecule has 0 bridgehead atoms. The Morgan fingerprint density at radius 2 is 2.00 bits per heavy atom. The van der Waals surface area contributed by atoms with Crippen molar-refractivity contribution in [1.82, 2.24) is 0 Å². The molecule has 29 heavy (non-hydrogen) atoms. The van der Waals surface area contributed by atoms with Gasteiger partial charge in [0.1, 0.15) is 17.2 Å². The van der Waals surface area contributed by atoms with E-state index in [4.69, 9.17) is 4.74 Å². The molecular weight excluding hydrogens is 375 g/mol. The Hall–Kier alpha value is -2.47. The number of benzene rings is 2. The molecule has 154 valence electrons. The third kappa shape index (κ3) is 2.69. The van der Waals surface area contributed by atoms with Gasteiger partial charge in [-0.05, 0) is 65.8 Å². The van der Waals surface area contributed by atoms with Crippen LogP contribution < -0.4 is 0 Å². The number of esters is 1. The van der Waals surface area contributed by atoms with Gasteiger partial charge in [0, 0.05) is 17.7 Å². The van der Waals surface area contributed by atoms with Gasteiger partial charge >= 0.3 is 5.97 Å². The largest absolute Gasteiger partial charge is 0.508 e. The molecule has 0 amide bonds. The Labute approximate surface area is 168 Å². The van der Waals surface area contributed by atoms with Crippen LogP contribution in [-0.4, -0.2) is 34.2 Å². The second-order valence-electron chi connectivity index (χ2n) is 8.73. The maximum Gasteiger partial charge on any atom is 0.303 e. The van der Waals surface area contributed by atoms with Gasteiger partial charge in [0.05, 0.1) is 0 Å². The summed E-state index contributed by atoms with van der Waals surface area (Å²) in [7, 11) is 0. The molecule has 2 aliphatic rings. The smallest absolute Gasteiger partial charge is 0.303 e. The summed E-state index contributed by atoms with van der Waals surface area (Å²) in [5, 5.41) is 22.4. The highest BCUT2D eigenvalue weighted by molar-refractivity contribution is 5.92. The highest BCUT2D eigenvalue weighted by atomic mass is 19.1. The van der Waals surface area contributed by atoms with E-state index in [2.05, 4.69) is 0 Å². The molecule has 0 saturated heterocycles. The zero-order valence-corrected chi connectivity index (χ0v) is 16.8. The molecule has 0 radical (unpaired) electrons. The zero-order chi connectivity index (χ0) is 21.1. The van der Waals surface area contributed by atoms with E-state index in [-0.39, 0.29) is 17.6 Å². The molecule has 0 aliphatic heterocycles. The van der Waals surface area contributed by atoms with Crippen LogP contribution in [0.3, 0.4) is 0 Å². The Morgan fingerprint density at radius 1 is 1.28 bits per heavy atom. The van der Waals surface area contributed by atoms with E-state index >= 15 is 0 Å². The van der Waals surface area contributed by atoms with Gasteiger partial charge in [-0.2, -0.15) is 0 Å². The number of aryl methyl sites for hydroxylation is 1. The summed E-state index contributed by atoms with van der Waals surface area (Å²) < 4.78 is 19.8. The molecule has 1 saturated carbocycles. The van der Waals surface area contributed by atoms with Crippen LogP contribution in [0, 0.1) is 17.2 Å². The summed E-state index contributed by atoms with van der Waals surface area (Å²) in [4.78, 5) is 24.1. The van der Waals surface area contributed by atoms with Crippen LogP contribution >= 0.6 is 0 Å². The minimum absolute atomic E-state index is 0.0110. The lowest BCUT2D eigenvalue weighted by Crippen LogP contribution is -2.56. The summed E-state index contributed by atoms with van der Waals surface area (Å²) in [5.74, 6) is -2.03. The van der Waals surface area contributed by atoms with E-state index < -0.39 is 35.2 Å². The zero-order valence-electron chi connectivity index (χ0n) is 16.8. The fourth-order valence-corrected chi connectivity index (χ4v) is 5.74. The van der Waals surface area contributed by atoms with E-state index in [1.54, 1.807) is 12.1 Å². The molecule has 1 fully saturated rings. The van der Waals surface area contributed by atoms with Crippen LogP contribution in [0.1, 0.15) is 50.7 Å². The molecule has 6 heteroatoms. The normalized spacial score (nSPS) is 30.7. The van der Waals surface area contributed by atoms with Crippen molar-refractivity contribution in [2.75, 3.05) is 6.61 Å². The van der Waals surface area contributed by atoms with Gasteiger partial charge in [-0.1, -0.05) is 19.9 Å². The van der Waals surface area contributed by atoms with Crippen molar-refractivity contribution in [3.05, 3.63) is 41.2 Å². The first kappa shape index (κ1) is 19.8. The number of hydrogen-bond acceptors (Lipinski definition) is 5. The van der Waals surface area contributed by atoms with Crippen molar-refractivity contribution in [1.29, 1.82) is 0 Å². The lowest BCUT2D eigenvalue weighted by molar-refractivity contribution is -0.165. The average molecular weight is 400 g/mol. The molecule has 4 atom stereocenters. The number of halogens is 1. The molecule has 0 heterocycles. The third-order valence-electron chi connectivity index (χ3n) is 7.26. The SMILES string of the molecule is CC(=O)OCC(=O)[C@@]1(O)[C@H](C)C[C@H]2c3cc(F)c4cc(O)ccc4c3CC[C@@]21C. The Morgan fingerprint density at radius 3 is 2.69 bits per heavy atom. The predicted molar refractivity (Wildman–Crippen MR) is 105 cm³/mol. The van der Waals surface area contributed by atoms with Gasteiger partial charge in [0.2, 0.25) is 5.78 Å². The van der Waals surface area contributed by atoms with Gasteiger partial charge in [-0.3, -0.25) is 9.59 Å². The molecule has 4 rings (SSSR count). The van der Waals surface area contributed by atoms with E-state index in [1.165, 1.54) is 19.1 Å². The molecule has 2 aromatic rings. The second-order valence-corrected chi connectivity index (χ2v) is 8.73. The van der Waals surface area contributed by atoms with Crippen LogP contribution in [0.4, 0.5) is 4.39 Å².